The minimum Gasteiger partial charge on any atom is -0.478 e. The minimum absolute atomic E-state index is 0.0517. The number of carbonyl (C=O) groups is 4. The molecule has 0 aliphatic carbocycles. The highest BCUT2D eigenvalue weighted by Gasteiger charge is 2.44. The first kappa shape index (κ1) is 30.6. The number of rotatable bonds is 7. The van der Waals surface area contributed by atoms with Gasteiger partial charge in [-0.25, -0.2) is 22.8 Å². The standard InChI is InChI=1S/C23H23ClF3N3O2.C4H4O4/c24-16-3-1-2-13(6-16)23(32)29-11-14-4-5-30(21(14)12-29)22(31)9-17(28)7-15-8-19(26)20(27)10-18(15)25;5-3(6)1-2-4(7)8/h1-3,6,8,10,14,17,21H,4-5,7,9,11-12,28H2;1-2H,(H,5,6)(H,7,8)/t14-,17?,21+;/m0./s1. The van der Waals surface area contributed by atoms with E-state index in [1.165, 1.54) is 0 Å². The lowest BCUT2D eigenvalue weighted by Gasteiger charge is -2.26. The third-order valence-corrected chi connectivity index (χ3v) is 6.84. The Bertz CT molecular complexity index is 1310. The fraction of sp³-hybridized carbons (Fsp3) is 0.333. The van der Waals surface area contributed by atoms with Gasteiger partial charge in [-0.3, -0.25) is 9.59 Å². The van der Waals surface area contributed by atoms with E-state index in [4.69, 9.17) is 27.5 Å². The van der Waals surface area contributed by atoms with Gasteiger partial charge in [-0.15, -0.1) is 0 Å². The van der Waals surface area contributed by atoms with Crippen LogP contribution >= 0.6 is 11.6 Å². The molecule has 0 radical (unpaired) electrons. The summed E-state index contributed by atoms with van der Waals surface area (Å²) in [7, 11) is 0. The molecule has 1 unspecified atom stereocenters. The Morgan fingerprint density at radius 2 is 1.65 bits per heavy atom. The van der Waals surface area contributed by atoms with Gasteiger partial charge in [0.05, 0.1) is 6.04 Å². The van der Waals surface area contributed by atoms with Crippen LogP contribution in [0.4, 0.5) is 13.2 Å². The lowest BCUT2D eigenvalue weighted by atomic mass is 10.0. The molecule has 0 saturated carbocycles. The van der Waals surface area contributed by atoms with Crippen LogP contribution in [0.2, 0.25) is 5.02 Å². The van der Waals surface area contributed by atoms with Gasteiger partial charge in [-0.2, -0.15) is 0 Å². The Balaban J connectivity index is 0.000000482. The Labute approximate surface area is 232 Å². The van der Waals surface area contributed by atoms with Gasteiger partial charge in [0, 0.05) is 66.8 Å². The highest BCUT2D eigenvalue weighted by molar-refractivity contribution is 6.30. The fourth-order valence-corrected chi connectivity index (χ4v) is 4.99. The number of hydrogen-bond acceptors (Lipinski definition) is 5. The summed E-state index contributed by atoms with van der Waals surface area (Å²) in [6.07, 6.45) is 1.76. The average Bonchev–Trinajstić information content (AvgIpc) is 3.47. The van der Waals surface area contributed by atoms with Crippen molar-refractivity contribution in [3.63, 3.8) is 0 Å². The quantitative estimate of drug-likeness (QED) is 0.337. The molecule has 3 atom stereocenters. The molecule has 0 spiro atoms. The van der Waals surface area contributed by atoms with Gasteiger partial charge in [0.25, 0.3) is 5.91 Å². The zero-order valence-electron chi connectivity index (χ0n) is 21.1. The number of nitrogens with zero attached hydrogens (tertiary/aromatic N) is 2. The van der Waals surface area contributed by atoms with Crippen LogP contribution in [0.15, 0.2) is 48.6 Å². The monoisotopic (exact) mass is 581 g/mol. The number of aliphatic carboxylic acids is 2. The van der Waals surface area contributed by atoms with E-state index in [0.29, 0.717) is 48.4 Å². The number of carboxylic acids is 2. The summed E-state index contributed by atoms with van der Waals surface area (Å²) >= 11 is 5.99. The van der Waals surface area contributed by atoms with E-state index < -0.39 is 35.4 Å². The maximum Gasteiger partial charge on any atom is 0.328 e. The SMILES string of the molecule is NC(CC(=O)N1CC[C@H]2CN(C(=O)c3cccc(Cl)c3)C[C@H]21)Cc1cc(F)c(F)cc1F.O=C(O)C=CC(=O)O. The number of hydrogen-bond donors (Lipinski definition) is 3. The van der Waals surface area contributed by atoms with Crippen molar-refractivity contribution in [3.8, 4) is 0 Å². The van der Waals surface area contributed by atoms with Crippen molar-refractivity contribution in [2.45, 2.75) is 31.3 Å². The molecule has 2 aliphatic rings. The maximum absolute atomic E-state index is 13.9. The summed E-state index contributed by atoms with van der Waals surface area (Å²) in [5, 5.41) is 16.1. The Morgan fingerprint density at radius 1 is 1.00 bits per heavy atom. The van der Waals surface area contributed by atoms with Crippen LogP contribution in [0, 0.1) is 23.4 Å². The molecule has 2 aromatic rings. The van der Waals surface area contributed by atoms with Crippen molar-refractivity contribution in [1.29, 1.82) is 0 Å². The molecule has 13 heteroatoms. The second-order valence-corrected chi connectivity index (χ2v) is 9.90. The smallest absolute Gasteiger partial charge is 0.328 e. The molecular weight excluding hydrogens is 555 g/mol. The Kier molecular flexibility index (Phi) is 10.3. The maximum atomic E-state index is 13.9. The van der Waals surface area contributed by atoms with Crippen LogP contribution < -0.4 is 5.73 Å². The molecule has 2 aliphatic heterocycles. The molecule has 40 heavy (non-hydrogen) atoms. The first-order chi connectivity index (χ1) is 18.8. The molecule has 9 nitrogen and oxygen atoms in total. The van der Waals surface area contributed by atoms with Gasteiger partial charge in [0.15, 0.2) is 11.6 Å². The van der Waals surface area contributed by atoms with Gasteiger partial charge in [-0.05, 0) is 42.7 Å². The fourth-order valence-electron chi connectivity index (χ4n) is 4.80. The van der Waals surface area contributed by atoms with Crippen molar-refractivity contribution >= 4 is 35.4 Å². The highest BCUT2D eigenvalue weighted by Crippen LogP contribution is 2.33. The summed E-state index contributed by atoms with van der Waals surface area (Å²) in [6.45, 7) is 1.56. The molecule has 2 amide bonds. The molecule has 2 fully saturated rings. The van der Waals surface area contributed by atoms with E-state index in [1.54, 1.807) is 34.1 Å². The van der Waals surface area contributed by atoms with Crippen LogP contribution in [0.3, 0.4) is 0 Å². The van der Waals surface area contributed by atoms with Crippen LogP contribution in [0.1, 0.15) is 28.8 Å². The lowest BCUT2D eigenvalue weighted by Crippen LogP contribution is -2.43. The van der Waals surface area contributed by atoms with Gasteiger partial charge in [-0.1, -0.05) is 17.7 Å². The molecule has 2 heterocycles. The molecule has 4 rings (SSSR count). The van der Waals surface area contributed by atoms with Crippen LogP contribution in [-0.4, -0.2) is 75.5 Å². The zero-order valence-corrected chi connectivity index (χ0v) is 21.9. The van der Waals surface area contributed by atoms with E-state index in [0.717, 1.165) is 12.5 Å². The first-order valence-corrected chi connectivity index (χ1v) is 12.6. The summed E-state index contributed by atoms with van der Waals surface area (Å²) in [5.41, 5.74) is 6.47. The van der Waals surface area contributed by atoms with Crippen molar-refractivity contribution in [1.82, 2.24) is 9.80 Å². The second-order valence-electron chi connectivity index (χ2n) is 9.46. The first-order valence-electron chi connectivity index (χ1n) is 12.2. The van der Waals surface area contributed by atoms with Crippen LogP contribution in [0.5, 0.6) is 0 Å². The highest BCUT2D eigenvalue weighted by atomic mass is 35.5. The third kappa shape index (κ3) is 8.06. The minimum atomic E-state index is -1.27. The normalized spacial score (nSPS) is 18.7. The number of likely N-dealkylation sites (tertiary alicyclic amines) is 2. The van der Waals surface area contributed by atoms with E-state index in [1.807, 2.05) is 0 Å². The molecular formula is C27H27ClF3N3O6. The van der Waals surface area contributed by atoms with E-state index in [2.05, 4.69) is 0 Å². The number of amides is 2. The molecule has 0 aromatic heterocycles. The number of benzene rings is 2. The van der Waals surface area contributed by atoms with Gasteiger partial charge >= 0.3 is 11.9 Å². The summed E-state index contributed by atoms with van der Waals surface area (Å²) in [6, 6.07) is 7.17. The number of halogens is 4. The molecule has 0 bridgehead atoms. The molecule has 2 aromatic carbocycles. The van der Waals surface area contributed by atoms with Crippen molar-refractivity contribution in [2.24, 2.45) is 11.7 Å². The molecule has 4 N–H and O–H groups in total. The van der Waals surface area contributed by atoms with Gasteiger partial charge in [0.1, 0.15) is 5.82 Å². The molecule has 214 valence electrons. The summed E-state index contributed by atoms with van der Waals surface area (Å²) < 4.78 is 40.4. The van der Waals surface area contributed by atoms with Crippen LogP contribution in [-0.2, 0) is 20.8 Å². The van der Waals surface area contributed by atoms with Crippen molar-refractivity contribution in [2.75, 3.05) is 19.6 Å². The summed E-state index contributed by atoms with van der Waals surface area (Å²) in [5.74, 6) is -5.96. The molecule has 2 saturated heterocycles. The van der Waals surface area contributed by atoms with E-state index in [9.17, 15) is 32.3 Å². The Hall–Kier alpha value is -3.90. The number of nitrogens with two attached hydrogens (primary N) is 1. The average molecular weight is 582 g/mol. The van der Waals surface area contributed by atoms with Crippen molar-refractivity contribution < 1.29 is 42.6 Å². The number of carbonyl (C=O) groups excluding carboxylic acids is 2. The topological polar surface area (TPSA) is 141 Å². The van der Waals surface area contributed by atoms with E-state index in [-0.39, 0.29) is 42.2 Å². The predicted molar refractivity (Wildman–Crippen MR) is 138 cm³/mol. The number of carboxylic acid groups (broad SMARTS) is 2. The zero-order chi connectivity index (χ0) is 29.6. The van der Waals surface area contributed by atoms with Gasteiger partial charge in [0.2, 0.25) is 5.91 Å². The van der Waals surface area contributed by atoms with E-state index >= 15 is 0 Å². The number of fused-ring (bicyclic) bond motifs is 1. The van der Waals surface area contributed by atoms with Gasteiger partial charge < -0.3 is 25.7 Å². The Morgan fingerprint density at radius 3 is 2.27 bits per heavy atom. The third-order valence-electron chi connectivity index (χ3n) is 6.60. The van der Waals surface area contributed by atoms with Crippen LogP contribution in [0.25, 0.3) is 0 Å². The second kappa shape index (κ2) is 13.4. The van der Waals surface area contributed by atoms with Crippen molar-refractivity contribution in [3.05, 3.63) is 82.2 Å². The summed E-state index contributed by atoms with van der Waals surface area (Å²) in [4.78, 5) is 48.3. The predicted octanol–water partition coefficient (Wildman–Crippen LogP) is 3.10. The largest absolute Gasteiger partial charge is 0.478 e. The lowest BCUT2D eigenvalue weighted by molar-refractivity contribution is -0.134.